The van der Waals surface area contributed by atoms with Crippen LogP contribution in [-0.2, 0) is 4.74 Å². The summed E-state index contributed by atoms with van der Waals surface area (Å²) in [5.41, 5.74) is 3.31. The van der Waals surface area contributed by atoms with Gasteiger partial charge in [-0.2, -0.15) is 0 Å². The standard InChI is InChI=1S/C22H28N4O3/c1-14-19-21(27)24-17-10-9-16(22(28)25(2)11-12-29-3)13-18(17)26(19)20(23-14)15-7-5-4-6-8-15/h9-10,13,15H,4-8,11-12H2,1-3H3,(H,24,27). The lowest BCUT2D eigenvalue weighted by molar-refractivity contribution is 0.0744. The first-order valence-electron chi connectivity index (χ1n) is 10.3. The van der Waals surface area contributed by atoms with Crippen molar-refractivity contribution in [2.75, 3.05) is 27.3 Å². The van der Waals surface area contributed by atoms with Gasteiger partial charge in [0.2, 0.25) is 0 Å². The molecule has 154 valence electrons. The lowest BCUT2D eigenvalue weighted by Gasteiger charge is -2.21. The summed E-state index contributed by atoms with van der Waals surface area (Å²) in [6.07, 6.45) is 5.81. The van der Waals surface area contributed by atoms with Crippen molar-refractivity contribution in [3.05, 3.63) is 45.6 Å². The molecule has 7 heteroatoms. The second kappa shape index (κ2) is 7.99. The fraction of sp³-hybridized carbons (Fsp3) is 0.500. The third-order valence-electron chi connectivity index (χ3n) is 5.97. The number of hydrogen-bond acceptors (Lipinski definition) is 4. The number of methoxy groups -OCH3 is 1. The Morgan fingerprint density at radius 2 is 2.07 bits per heavy atom. The van der Waals surface area contributed by atoms with Crippen LogP contribution >= 0.6 is 0 Å². The third-order valence-corrected chi connectivity index (χ3v) is 5.97. The fourth-order valence-corrected chi connectivity index (χ4v) is 4.38. The minimum Gasteiger partial charge on any atom is -0.383 e. The van der Waals surface area contributed by atoms with E-state index in [0.717, 1.165) is 29.9 Å². The molecule has 3 aromatic rings. The number of aryl methyl sites for hydroxylation is 1. The minimum atomic E-state index is -0.138. The van der Waals surface area contributed by atoms with Crippen LogP contribution in [0.25, 0.3) is 16.6 Å². The van der Waals surface area contributed by atoms with Crippen LogP contribution in [0.4, 0.5) is 0 Å². The van der Waals surface area contributed by atoms with E-state index in [1.165, 1.54) is 19.3 Å². The number of likely N-dealkylation sites (N-methyl/N-ethyl adjacent to an activating group) is 1. The lowest BCUT2D eigenvalue weighted by atomic mass is 9.88. The summed E-state index contributed by atoms with van der Waals surface area (Å²) in [5, 5.41) is 0. The highest BCUT2D eigenvalue weighted by Crippen LogP contribution is 2.33. The fourth-order valence-electron chi connectivity index (χ4n) is 4.38. The molecule has 0 spiro atoms. The van der Waals surface area contributed by atoms with Gasteiger partial charge in [0.1, 0.15) is 11.3 Å². The van der Waals surface area contributed by atoms with Crippen molar-refractivity contribution >= 4 is 22.5 Å². The zero-order valence-electron chi connectivity index (χ0n) is 17.3. The van der Waals surface area contributed by atoms with E-state index in [9.17, 15) is 9.59 Å². The number of imidazole rings is 1. The van der Waals surface area contributed by atoms with Gasteiger partial charge in [0.05, 0.1) is 23.3 Å². The second-order valence-corrected chi connectivity index (χ2v) is 7.98. The molecule has 0 saturated heterocycles. The first kappa shape index (κ1) is 19.6. The Labute approximate surface area is 169 Å². The maximum Gasteiger partial charge on any atom is 0.274 e. The van der Waals surface area contributed by atoms with Crippen LogP contribution < -0.4 is 5.56 Å². The number of carbonyl (C=O) groups is 1. The van der Waals surface area contributed by atoms with E-state index in [2.05, 4.69) is 4.98 Å². The molecule has 0 bridgehead atoms. The van der Waals surface area contributed by atoms with Crippen LogP contribution in [0.2, 0.25) is 0 Å². The zero-order valence-corrected chi connectivity index (χ0v) is 17.3. The van der Waals surface area contributed by atoms with Crippen molar-refractivity contribution in [1.29, 1.82) is 0 Å². The predicted molar refractivity (Wildman–Crippen MR) is 113 cm³/mol. The largest absolute Gasteiger partial charge is 0.383 e. The molecular formula is C22H28N4O3. The Morgan fingerprint density at radius 3 is 2.79 bits per heavy atom. The van der Waals surface area contributed by atoms with Crippen LogP contribution in [0.15, 0.2) is 23.0 Å². The number of amides is 1. The summed E-state index contributed by atoms with van der Waals surface area (Å²) in [5.74, 6) is 1.23. The number of rotatable bonds is 5. The summed E-state index contributed by atoms with van der Waals surface area (Å²) >= 11 is 0. The Hall–Kier alpha value is -2.67. The van der Waals surface area contributed by atoms with E-state index in [0.29, 0.717) is 35.7 Å². The number of nitrogens with zero attached hydrogens (tertiary/aromatic N) is 3. The zero-order chi connectivity index (χ0) is 20.5. The number of fused-ring (bicyclic) bond motifs is 3. The molecule has 4 rings (SSSR count). The van der Waals surface area contributed by atoms with E-state index in [-0.39, 0.29) is 11.5 Å². The average Bonchev–Trinajstić information content (AvgIpc) is 3.10. The molecule has 1 fully saturated rings. The molecular weight excluding hydrogens is 368 g/mol. The number of aromatic nitrogens is 3. The molecule has 0 atom stereocenters. The monoisotopic (exact) mass is 396 g/mol. The molecule has 29 heavy (non-hydrogen) atoms. The van der Waals surface area contributed by atoms with Crippen LogP contribution in [0, 0.1) is 6.92 Å². The highest BCUT2D eigenvalue weighted by molar-refractivity contribution is 5.97. The van der Waals surface area contributed by atoms with E-state index < -0.39 is 0 Å². The van der Waals surface area contributed by atoms with E-state index >= 15 is 0 Å². The molecule has 0 unspecified atom stereocenters. The van der Waals surface area contributed by atoms with Crippen LogP contribution in [0.5, 0.6) is 0 Å². The number of hydrogen-bond donors (Lipinski definition) is 1. The van der Waals surface area contributed by atoms with Crippen LogP contribution in [0.3, 0.4) is 0 Å². The summed E-state index contributed by atoms with van der Waals surface area (Å²) in [6, 6.07) is 5.45. The molecule has 0 radical (unpaired) electrons. The molecule has 1 amide bonds. The molecule has 1 aliphatic carbocycles. The van der Waals surface area contributed by atoms with Crippen molar-refractivity contribution in [3.8, 4) is 0 Å². The van der Waals surface area contributed by atoms with Crippen molar-refractivity contribution < 1.29 is 9.53 Å². The first-order valence-corrected chi connectivity index (χ1v) is 10.3. The molecule has 7 nitrogen and oxygen atoms in total. The van der Waals surface area contributed by atoms with Crippen molar-refractivity contribution in [2.45, 2.75) is 44.9 Å². The minimum absolute atomic E-state index is 0.0700. The Kier molecular flexibility index (Phi) is 5.41. The van der Waals surface area contributed by atoms with Gasteiger partial charge in [-0.15, -0.1) is 0 Å². The smallest absolute Gasteiger partial charge is 0.274 e. The molecule has 2 heterocycles. The number of aromatic amines is 1. The predicted octanol–water partition coefficient (Wildman–Crippen LogP) is 3.25. The number of ether oxygens (including phenoxy) is 1. The van der Waals surface area contributed by atoms with Gasteiger partial charge >= 0.3 is 0 Å². The highest BCUT2D eigenvalue weighted by atomic mass is 16.5. The van der Waals surface area contributed by atoms with Gasteiger partial charge in [0.15, 0.2) is 0 Å². The van der Waals surface area contributed by atoms with Crippen LogP contribution in [0.1, 0.15) is 59.9 Å². The maximum absolute atomic E-state index is 12.9. The number of H-pyrrole nitrogens is 1. The SMILES string of the molecule is COCCN(C)C(=O)c1ccc2[nH]c(=O)c3c(C)nc(C4CCCCC4)n3c2c1. The molecule has 1 saturated carbocycles. The van der Waals surface area contributed by atoms with Gasteiger partial charge in [-0.3, -0.25) is 14.0 Å². The van der Waals surface area contributed by atoms with Gasteiger partial charge < -0.3 is 14.6 Å². The molecule has 1 aliphatic rings. The number of nitrogens with one attached hydrogen (secondary N) is 1. The van der Waals surface area contributed by atoms with Gasteiger partial charge in [-0.1, -0.05) is 19.3 Å². The average molecular weight is 396 g/mol. The van der Waals surface area contributed by atoms with E-state index in [4.69, 9.17) is 9.72 Å². The number of carbonyl (C=O) groups excluding carboxylic acids is 1. The van der Waals surface area contributed by atoms with Gasteiger partial charge in [-0.05, 0) is 38.0 Å². The van der Waals surface area contributed by atoms with Crippen molar-refractivity contribution in [2.24, 2.45) is 0 Å². The van der Waals surface area contributed by atoms with Gasteiger partial charge in [-0.25, -0.2) is 4.98 Å². The van der Waals surface area contributed by atoms with Crippen molar-refractivity contribution in [1.82, 2.24) is 19.3 Å². The van der Waals surface area contributed by atoms with Gasteiger partial charge in [0, 0.05) is 32.2 Å². The summed E-state index contributed by atoms with van der Waals surface area (Å²) in [7, 11) is 3.39. The van der Waals surface area contributed by atoms with Crippen molar-refractivity contribution in [3.63, 3.8) is 0 Å². The quantitative estimate of drug-likeness (QED) is 0.718. The highest BCUT2D eigenvalue weighted by Gasteiger charge is 2.24. The number of benzene rings is 1. The van der Waals surface area contributed by atoms with Crippen LogP contribution in [-0.4, -0.2) is 52.5 Å². The Balaban J connectivity index is 1.88. The third kappa shape index (κ3) is 3.55. The topological polar surface area (TPSA) is 79.7 Å². The normalized spacial score (nSPS) is 15.3. The molecule has 2 aromatic heterocycles. The lowest BCUT2D eigenvalue weighted by Crippen LogP contribution is -2.30. The summed E-state index contributed by atoms with van der Waals surface area (Å²) in [4.78, 5) is 35.0. The van der Waals surface area contributed by atoms with Gasteiger partial charge in [0.25, 0.3) is 11.5 Å². The van der Waals surface area contributed by atoms with E-state index in [1.807, 2.05) is 23.5 Å². The maximum atomic E-state index is 12.9. The molecule has 0 aliphatic heterocycles. The summed E-state index contributed by atoms with van der Waals surface area (Å²) in [6.45, 7) is 2.89. The first-order chi connectivity index (χ1) is 14.0. The molecule has 1 aromatic carbocycles. The summed E-state index contributed by atoms with van der Waals surface area (Å²) < 4.78 is 7.07. The van der Waals surface area contributed by atoms with E-state index in [1.54, 1.807) is 25.1 Å². The Morgan fingerprint density at radius 1 is 1.31 bits per heavy atom. The Bertz CT molecular complexity index is 1110. The molecule has 1 N–H and O–H groups in total. The second-order valence-electron chi connectivity index (χ2n) is 7.98.